The SMILES string of the molecule is CN(C)/C=N/NC(=O)C1CC1. The highest BCUT2D eigenvalue weighted by Crippen LogP contribution is 2.28. The van der Waals surface area contributed by atoms with Crippen LogP contribution < -0.4 is 5.43 Å². The normalized spacial score (nSPS) is 16.9. The molecule has 0 saturated heterocycles. The van der Waals surface area contributed by atoms with Crippen molar-refractivity contribution in [1.29, 1.82) is 0 Å². The maximum atomic E-state index is 10.9. The topological polar surface area (TPSA) is 44.7 Å². The van der Waals surface area contributed by atoms with E-state index in [1.54, 1.807) is 11.2 Å². The van der Waals surface area contributed by atoms with Crippen LogP contribution in [0, 0.1) is 5.92 Å². The van der Waals surface area contributed by atoms with Crippen LogP contribution in [0.15, 0.2) is 5.10 Å². The summed E-state index contributed by atoms with van der Waals surface area (Å²) >= 11 is 0. The summed E-state index contributed by atoms with van der Waals surface area (Å²) in [6, 6.07) is 0. The zero-order valence-corrected chi connectivity index (χ0v) is 6.87. The van der Waals surface area contributed by atoms with E-state index in [-0.39, 0.29) is 11.8 Å². The third-order valence-electron chi connectivity index (χ3n) is 1.41. The van der Waals surface area contributed by atoms with E-state index in [0.29, 0.717) is 0 Å². The van der Waals surface area contributed by atoms with Crippen LogP contribution in [0.4, 0.5) is 0 Å². The summed E-state index contributed by atoms with van der Waals surface area (Å²) in [5.41, 5.74) is 2.46. The Hall–Kier alpha value is -1.06. The molecule has 1 N–H and O–H groups in total. The Morgan fingerprint density at radius 1 is 1.64 bits per heavy atom. The van der Waals surface area contributed by atoms with E-state index in [1.807, 2.05) is 14.1 Å². The zero-order chi connectivity index (χ0) is 8.27. The lowest BCUT2D eigenvalue weighted by atomic mass is 10.4. The first-order valence-corrected chi connectivity index (χ1v) is 3.69. The molecule has 1 rings (SSSR count). The molecule has 0 aromatic heterocycles. The van der Waals surface area contributed by atoms with E-state index >= 15 is 0 Å². The van der Waals surface area contributed by atoms with Crippen LogP contribution >= 0.6 is 0 Å². The molecule has 1 aliphatic rings. The molecule has 0 aliphatic heterocycles. The number of nitrogens with zero attached hydrogens (tertiary/aromatic N) is 2. The average Bonchev–Trinajstić information content (AvgIpc) is 2.66. The minimum absolute atomic E-state index is 0.0445. The van der Waals surface area contributed by atoms with Crippen molar-refractivity contribution in [2.45, 2.75) is 12.8 Å². The fourth-order valence-corrected chi connectivity index (χ4v) is 0.645. The number of nitrogens with one attached hydrogen (secondary N) is 1. The number of hydrogen-bond acceptors (Lipinski definition) is 2. The van der Waals surface area contributed by atoms with Crippen LogP contribution in [0.2, 0.25) is 0 Å². The molecule has 4 nitrogen and oxygen atoms in total. The highest BCUT2D eigenvalue weighted by molar-refractivity contribution is 5.81. The van der Waals surface area contributed by atoms with Crippen molar-refractivity contribution in [3.8, 4) is 0 Å². The molecule has 0 bridgehead atoms. The standard InChI is InChI=1S/C7H13N3O/c1-10(2)5-8-9-7(11)6-3-4-6/h5-6H,3-4H2,1-2H3,(H,9,11)/b8-5+. The van der Waals surface area contributed by atoms with Crippen LogP contribution in [0.3, 0.4) is 0 Å². The van der Waals surface area contributed by atoms with Gasteiger partial charge in [0.15, 0.2) is 0 Å². The summed E-state index contributed by atoms with van der Waals surface area (Å²) in [4.78, 5) is 12.7. The molecule has 1 amide bonds. The summed E-state index contributed by atoms with van der Waals surface area (Å²) in [6.45, 7) is 0. The predicted molar refractivity (Wildman–Crippen MR) is 43.0 cm³/mol. The monoisotopic (exact) mass is 155 g/mol. The van der Waals surface area contributed by atoms with Crippen molar-refractivity contribution in [1.82, 2.24) is 10.3 Å². The average molecular weight is 155 g/mol. The van der Waals surface area contributed by atoms with Gasteiger partial charge in [-0.25, -0.2) is 5.43 Å². The second-order valence-electron chi connectivity index (χ2n) is 2.96. The largest absolute Gasteiger partial charge is 0.367 e. The maximum Gasteiger partial charge on any atom is 0.243 e. The van der Waals surface area contributed by atoms with Crippen LogP contribution in [-0.2, 0) is 4.79 Å². The first-order chi connectivity index (χ1) is 5.20. The highest BCUT2D eigenvalue weighted by Gasteiger charge is 2.29. The van der Waals surface area contributed by atoms with E-state index in [4.69, 9.17) is 0 Å². The molecule has 0 atom stereocenters. The second kappa shape index (κ2) is 3.37. The summed E-state index contributed by atoms with van der Waals surface area (Å²) in [7, 11) is 3.71. The van der Waals surface area contributed by atoms with Gasteiger partial charge in [0.2, 0.25) is 5.91 Å². The number of rotatable bonds is 3. The van der Waals surface area contributed by atoms with Gasteiger partial charge in [0.05, 0.1) is 0 Å². The van der Waals surface area contributed by atoms with Gasteiger partial charge in [-0.1, -0.05) is 0 Å². The molecule has 1 aliphatic carbocycles. The van der Waals surface area contributed by atoms with Crippen LogP contribution in [0.5, 0.6) is 0 Å². The van der Waals surface area contributed by atoms with E-state index in [2.05, 4.69) is 10.5 Å². The molecule has 1 saturated carbocycles. The number of carbonyl (C=O) groups excluding carboxylic acids is 1. The number of hydrogen-bond donors (Lipinski definition) is 1. The number of amides is 1. The molecule has 0 spiro atoms. The Morgan fingerprint density at radius 2 is 2.27 bits per heavy atom. The summed E-state index contributed by atoms with van der Waals surface area (Å²) in [6.07, 6.45) is 3.60. The molecule has 4 heteroatoms. The van der Waals surface area contributed by atoms with Gasteiger partial charge in [0.1, 0.15) is 6.34 Å². The molecule has 62 valence electrons. The quantitative estimate of drug-likeness (QED) is 0.354. The Bertz CT molecular complexity index is 173. The van der Waals surface area contributed by atoms with Crippen LogP contribution in [0.25, 0.3) is 0 Å². The van der Waals surface area contributed by atoms with Crippen LogP contribution in [0.1, 0.15) is 12.8 Å². The summed E-state index contributed by atoms with van der Waals surface area (Å²) in [5, 5.41) is 3.73. The summed E-state index contributed by atoms with van der Waals surface area (Å²) < 4.78 is 0. The van der Waals surface area contributed by atoms with E-state index in [0.717, 1.165) is 12.8 Å². The Kier molecular flexibility index (Phi) is 2.46. The zero-order valence-electron chi connectivity index (χ0n) is 6.87. The molecular weight excluding hydrogens is 142 g/mol. The van der Waals surface area contributed by atoms with Gasteiger partial charge in [0.25, 0.3) is 0 Å². The van der Waals surface area contributed by atoms with Gasteiger partial charge in [-0.3, -0.25) is 4.79 Å². The first kappa shape index (κ1) is 8.04. The Labute approximate surface area is 66.3 Å². The Balaban J connectivity index is 2.15. The molecule has 0 heterocycles. The van der Waals surface area contributed by atoms with Crippen molar-refractivity contribution in [2.75, 3.05) is 14.1 Å². The predicted octanol–water partition coefficient (Wildman–Crippen LogP) is 0.0175. The maximum absolute atomic E-state index is 10.9. The van der Waals surface area contributed by atoms with Gasteiger partial charge in [0, 0.05) is 20.0 Å². The molecule has 0 radical (unpaired) electrons. The first-order valence-electron chi connectivity index (χ1n) is 3.69. The van der Waals surface area contributed by atoms with Crippen molar-refractivity contribution in [2.24, 2.45) is 11.0 Å². The lowest BCUT2D eigenvalue weighted by Crippen LogP contribution is -2.21. The van der Waals surface area contributed by atoms with Crippen molar-refractivity contribution >= 4 is 12.2 Å². The minimum atomic E-state index is 0.0445. The Morgan fingerprint density at radius 3 is 2.73 bits per heavy atom. The van der Waals surface area contributed by atoms with E-state index < -0.39 is 0 Å². The van der Waals surface area contributed by atoms with Crippen molar-refractivity contribution in [3.05, 3.63) is 0 Å². The third-order valence-corrected chi connectivity index (χ3v) is 1.41. The van der Waals surface area contributed by atoms with E-state index in [9.17, 15) is 4.79 Å². The molecule has 11 heavy (non-hydrogen) atoms. The van der Waals surface area contributed by atoms with Crippen LogP contribution in [-0.4, -0.2) is 31.2 Å². The summed E-state index contributed by atoms with van der Waals surface area (Å²) in [5.74, 6) is 0.275. The molecule has 1 fully saturated rings. The molecule has 0 unspecified atom stereocenters. The third kappa shape index (κ3) is 3.02. The smallest absolute Gasteiger partial charge is 0.243 e. The highest BCUT2D eigenvalue weighted by atomic mass is 16.2. The van der Waals surface area contributed by atoms with Gasteiger partial charge in [-0.15, -0.1) is 0 Å². The number of hydrazone groups is 1. The minimum Gasteiger partial charge on any atom is -0.367 e. The fraction of sp³-hybridized carbons (Fsp3) is 0.714. The van der Waals surface area contributed by atoms with Gasteiger partial charge in [-0.05, 0) is 12.8 Å². The van der Waals surface area contributed by atoms with E-state index in [1.165, 1.54) is 0 Å². The molecular formula is C7H13N3O. The number of carbonyl (C=O) groups is 1. The lowest BCUT2D eigenvalue weighted by molar-refractivity contribution is -0.122. The fourth-order valence-electron chi connectivity index (χ4n) is 0.645. The van der Waals surface area contributed by atoms with Crippen molar-refractivity contribution < 1.29 is 4.79 Å². The molecule has 0 aromatic rings. The second-order valence-corrected chi connectivity index (χ2v) is 2.96. The van der Waals surface area contributed by atoms with Gasteiger partial charge in [-0.2, -0.15) is 5.10 Å². The van der Waals surface area contributed by atoms with Gasteiger partial charge < -0.3 is 4.90 Å². The lowest BCUT2D eigenvalue weighted by Gasteiger charge is -2.01. The van der Waals surface area contributed by atoms with Gasteiger partial charge >= 0.3 is 0 Å². The molecule has 0 aromatic carbocycles. The van der Waals surface area contributed by atoms with Crippen molar-refractivity contribution in [3.63, 3.8) is 0 Å².